The first-order valence-electron chi connectivity index (χ1n) is 6.88. The zero-order chi connectivity index (χ0) is 14.6. The second kappa shape index (κ2) is 6.85. The molecule has 1 aliphatic rings. The van der Waals surface area contributed by atoms with Gasteiger partial charge < -0.3 is 4.18 Å². The molecule has 1 aliphatic carbocycles. The molecule has 0 amide bonds. The van der Waals surface area contributed by atoms with Gasteiger partial charge in [-0.1, -0.05) is 31.4 Å². The molecule has 0 N–H and O–H groups in total. The molecule has 0 bridgehead atoms. The highest BCUT2D eigenvalue weighted by Gasteiger charge is 2.35. The summed E-state index contributed by atoms with van der Waals surface area (Å²) in [5.41, 5.74) is 0.558. The van der Waals surface area contributed by atoms with Gasteiger partial charge in [0.05, 0.1) is 12.2 Å². The average molecular weight is 304 g/mol. The van der Waals surface area contributed by atoms with Crippen molar-refractivity contribution in [3.05, 3.63) is 34.9 Å². The molecule has 2 rings (SSSR count). The van der Waals surface area contributed by atoms with Crippen LogP contribution >= 0.6 is 12.0 Å². The Labute approximate surface area is 122 Å². The van der Waals surface area contributed by atoms with Gasteiger partial charge in [-0.05, 0) is 48.0 Å². The number of hydrogen-bond acceptors (Lipinski definition) is 2. The molecule has 1 aromatic rings. The lowest BCUT2D eigenvalue weighted by atomic mass is 9.81. The van der Waals surface area contributed by atoms with E-state index >= 15 is 0 Å². The number of hydrogen-bond donors (Lipinski definition) is 0. The summed E-state index contributed by atoms with van der Waals surface area (Å²) < 4.78 is 44.9. The van der Waals surface area contributed by atoms with Crippen LogP contribution in [0.25, 0.3) is 0 Å². The Hall–Kier alpha value is -0.680. The van der Waals surface area contributed by atoms with E-state index in [9.17, 15) is 13.2 Å². The number of alkyl halides is 3. The third kappa shape index (κ3) is 3.92. The predicted octanol–water partition coefficient (Wildman–Crippen LogP) is 5.55. The van der Waals surface area contributed by atoms with E-state index in [4.69, 9.17) is 4.18 Å². The van der Waals surface area contributed by atoms with Crippen molar-refractivity contribution in [1.29, 1.82) is 0 Å². The van der Waals surface area contributed by atoms with Crippen LogP contribution < -0.4 is 0 Å². The number of rotatable bonds is 4. The third-order valence-electron chi connectivity index (χ3n) is 3.81. The number of benzene rings is 1. The summed E-state index contributed by atoms with van der Waals surface area (Å²) in [5.74, 6) is 0.0518. The van der Waals surface area contributed by atoms with Gasteiger partial charge in [-0.15, -0.1) is 0 Å². The number of halogens is 3. The first-order chi connectivity index (χ1) is 9.52. The Morgan fingerprint density at radius 3 is 2.50 bits per heavy atom. The predicted molar refractivity (Wildman–Crippen MR) is 75.6 cm³/mol. The van der Waals surface area contributed by atoms with Crippen LogP contribution in [0.15, 0.2) is 18.2 Å². The monoisotopic (exact) mass is 304 g/mol. The highest BCUT2D eigenvalue weighted by molar-refractivity contribution is 7.93. The molecule has 0 atom stereocenters. The lowest BCUT2D eigenvalue weighted by Crippen LogP contribution is -2.14. The molecule has 5 heteroatoms. The minimum absolute atomic E-state index is 0.0518. The van der Waals surface area contributed by atoms with Crippen molar-refractivity contribution in [2.45, 2.75) is 50.8 Å². The molecule has 0 aromatic heterocycles. The molecule has 0 aliphatic heterocycles. The minimum atomic E-state index is -4.29. The molecular weight excluding hydrogens is 285 g/mol. The van der Waals surface area contributed by atoms with Crippen molar-refractivity contribution in [2.24, 2.45) is 0 Å². The van der Waals surface area contributed by atoms with Crippen molar-refractivity contribution in [1.82, 2.24) is 0 Å². The fourth-order valence-electron chi connectivity index (χ4n) is 2.84. The lowest BCUT2D eigenvalue weighted by Gasteiger charge is -2.25. The molecule has 0 saturated heterocycles. The highest BCUT2D eigenvalue weighted by atomic mass is 32.2. The lowest BCUT2D eigenvalue weighted by molar-refractivity contribution is -0.138. The van der Waals surface area contributed by atoms with Crippen LogP contribution in [-0.2, 0) is 17.0 Å². The van der Waals surface area contributed by atoms with Crippen LogP contribution in [0, 0.1) is 0 Å². The van der Waals surface area contributed by atoms with E-state index in [1.807, 2.05) is 0 Å². The standard InChI is InChI=1S/C15H19F3OS/c1-20-19-10-11-7-8-13(12-5-3-2-4-6-12)14(9-11)15(16,17)18/h7-9,12H,2-6,10H2,1H3. The maximum atomic E-state index is 13.3. The van der Waals surface area contributed by atoms with Crippen molar-refractivity contribution in [3.63, 3.8) is 0 Å². The van der Waals surface area contributed by atoms with Crippen molar-refractivity contribution < 1.29 is 17.4 Å². The Balaban J connectivity index is 2.30. The molecule has 20 heavy (non-hydrogen) atoms. The van der Waals surface area contributed by atoms with Crippen LogP contribution in [-0.4, -0.2) is 6.26 Å². The van der Waals surface area contributed by atoms with Crippen molar-refractivity contribution >= 4 is 12.0 Å². The first-order valence-corrected chi connectivity index (χ1v) is 8.03. The Bertz CT molecular complexity index is 439. The maximum absolute atomic E-state index is 13.3. The van der Waals surface area contributed by atoms with Crippen LogP contribution in [0.3, 0.4) is 0 Å². The SMILES string of the molecule is CSOCc1ccc(C2CCCCC2)c(C(F)(F)F)c1. The third-order valence-corrected chi connectivity index (χ3v) is 4.17. The summed E-state index contributed by atoms with van der Waals surface area (Å²) in [4.78, 5) is 0. The molecule has 0 radical (unpaired) electrons. The molecule has 1 saturated carbocycles. The van der Waals surface area contributed by atoms with Crippen molar-refractivity contribution in [3.8, 4) is 0 Å². The second-order valence-corrected chi connectivity index (χ2v) is 5.75. The molecule has 1 fully saturated rings. The molecule has 112 valence electrons. The summed E-state index contributed by atoms with van der Waals surface area (Å²) in [6.45, 7) is 0.204. The van der Waals surface area contributed by atoms with Gasteiger partial charge >= 0.3 is 6.18 Å². The summed E-state index contributed by atoms with van der Waals surface area (Å²) in [5, 5.41) is 0. The van der Waals surface area contributed by atoms with E-state index in [1.165, 1.54) is 6.07 Å². The van der Waals surface area contributed by atoms with Crippen LogP contribution in [0.2, 0.25) is 0 Å². The highest BCUT2D eigenvalue weighted by Crippen LogP contribution is 2.41. The fourth-order valence-corrected chi connectivity index (χ4v) is 3.09. The van der Waals surface area contributed by atoms with Gasteiger partial charge in [0.1, 0.15) is 0 Å². The summed E-state index contributed by atoms with van der Waals surface area (Å²) in [7, 11) is 0. The maximum Gasteiger partial charge on any atom is 0.416 e. The Morgan fingerprint density at radius 1 is 1.20 bits per heavy atom. The average Bonchev–Trinajstić information content (AvgIpc) is 2.45. The van der Waals surface area contributed by atoms with E-state index in [-0.39, 0.29) is 12.5 Å². The van der Waals surface area contributed by atoms with Gasteiger partial charge in [0.25, 0.3) is 0 Å². The molecular formula is C15H19F3OS. The van der Waals surface area contributed by atoms with E-state index in [0.717, 1.165) is 44.1 Å². The smallest absolute Gasteiger partial charge is 0.311 e. The summed E-state index contributed by atoms with van der Waals surface area (Å²) >= 11 is 1.16. The summed E-state index contributed by atoms with van der Waals surface area (Å²) in [6, 6.07) is 4.66. The fraction of sp³-hybridized carbons (Fsp3) is 0.600. The van der Waals surface area contributed by atoms with Crippen LogP contribution in [0.4, 0.5) is 13.2 Å². The molecule has 0 unspecified atom stereocenters. The van der Waals surface area contributed by atoms with E-state index in [1.54, 1.807) is 18.4 Å². The zero-order valence-corrected chi connectivity index (χ0v) is 12.3. The van der Waals surface area contributed by atoms with E-state index in [0.29, 0.717) is 11.1 Å². The van der Waals surface area contributed by atoms with Gasteiger partial charge in [0, 0.05) is 6.26 Å². The van der Waals surface area contributed by atoms with Gasteiger partial charge in [0.15, 0.2) is 0 Å². The quantitative estimate of drug-likeness (QED) is 0.675. The van der Waals surface area contributed by atoms with Gasteiger partial charge in [0.2, 0.25) is 0 Å². The van der Waals surface area contributed by atoms with Gasteiger partial charge in [-0.2, -0.15) is 13.2 Å². The second-order valence-electron chi connectivity index (χ2n) is 5.18. The normalized spacial score (nSPS) is 17.4. The zero-order valence-electron chi connectivity index (χ0n) is 11.5. The van der Waals surface area contributed by atoms with Crippen LogP contribution in [0.5, 0.6) is 0 Å². The Kier molecular flexibility index (Phi) is 5.38. The molecule has 0 spiro atoms. The Morgan fingerprint density at radius 2 is 1.90 bits per heavy atom. The van der Waals surface area contributed by atoms with E-state index < -0.39 is 11.7 Å². The topological polar surface area (TPSA) is 9.23 Å². The largest absolute Gasteiger partial charge is 0.416 e. The minimum Gasteiger partial charge on any atom is -0.311 e. The summed E-state index contributed by atoms with van der Waals surface area (Å²) in [6.07, 6.45) is 2.38. The van der Waals surface area contributed by atoms with Crippen molar-refractivity contribution in [2.75, 3.05) is 6.26 Å². The van der Waals surface area contributed by atoms with Gasteiger partial charge in [-0.25, -0.2) is 0 Å². The van der Waals surface area contributed by atoms with E-state index in [2.05, 4.69) is 0 Å². The molecule has 0 heterocycles. The van der Waals surface area contributed by atoms with Crippen LogP contribution in [0.1, 0.15) is 54.7 Å². The molecule has 1 aromatic carbocycles. The van der Waals surface area contributed by atoms with Gasteiger partial charge in [-0.3, -0.25) is 0 Å². The molecule has 1 nitrogen and oxygen atoms in total. The first kappa shape index (κ1) is 15.7.